The molecular formula is C17H28N2O. The number of nitrogens with zero attached hydrogens (tertiary/aromatic N) is 1. The molecule has 112 valence electrons. The van der Waals surface area contributed by atoms with Crippen LogP contribution in [0.15, 0.2) is 24.3 Å². The highest BCUT2D eigenvalue weighted by Crippen LogP contribution is 2.30. The van der Waals surface area contributed by atoms with Gasteiger partial charge in [-0.25, -0.2) is 0 Å². The van der Waals surface area contributed by atoms with Crippen molar-refractivity contribution in [1.82, 2.24) is 10.2 Å². The average Bonchev–Trinajstić information content (AvgIpc) is 2.49. The molecule has 0 aromatic heterocycles. The minimum atomic E-state index is 0.349. The maximum absolute atomic E-state index is 9.48. The predicted molar refractivity (Wildman–Crippen MR) is 84.0 cm³/mol. The summed E-state index contributed by atoms with van der Waals surface area (Å²) in [5, 5.41) is 13.1. The fraction of sp³-hybridized carbons (Fsp3) is 0.647. The number of hydrogen-bond acceptors (Lipinski definition) is 3. The summed E-state index contributed by atoms with van der Waals surface area (Å²) in [4.78, 5) is 2.66. The summed E-state index contributed by atoms with van der Waals surface area (Å²) >= 11 is 0. The van der Waals surface area contributed by atoms with Crippen molar-refractivity contribution in [2.24, 2.45) is 0 Å². The smallest absolute Gasteiger partial charge is 0.115 e. The van der Waals surface area contributed by atoms with E-state index in [-0.39, 0.29) is 0 Å². The van der Waals surface area contributed by atoms with Gasteiger partial charge in [0.2, 0.25) is 0 Å². The number of nitrogens with one attached hydrogen (secondary N) is 1. The Bertz CT molecular complexity index is 404. The van der Waals surface area contributed by atoms with Crippen molar-refractivity contribution in [2.75, 3.05) is 13.1 Å². The van der Waals surface area contributed by atoms with Gasteiger partial charge in [-0.15, -0.1) is 0 Å². The summed E-state index contributed by atoms with van der Waals surface area (Å²) in [6.45, 7) is 8.99. The van der Waals surface area contributed by atoms with Gasteiger partial charge in [-0.2, -0.15) is 0 Å². The first-order chi connectivity index (χ1) is 9.69. The van der Waals surface area contributed by atoms with Crippen LogP contribution in [0.5, 0.6) is 5.75 Å². The van der Waals surface area contributed by atoms with E-state index in [0.29, 0.717) is 23.9 Å². The molecule has 2 rings (SSSR count). The third-order valence-electron chi connectivity index (χ3n) is 4.57. The van der Waals surface area contributed by atoms with Crippen molar-refractivity contribution in [2.45, 2.75) is 58.2 Å². The number of rotatable bonds is 5. The molecule has 1 saturated heterocycles. The summed E-state index contributed by atoms with van der Waals surface area (Å²) in [5.74, 6) is 0.349. The van der Waals surface area contributed by atoms with E-state index >= 15 is 0 Å². The lowest BCUT2D eigenvalue weighted by Crippen LogP contribution is -2.56. The van der Waals surface area contributed by atoms with E-state index in [2.05, 4.69) is 43.1 Å². The first-order valence-electron chi connectivity index (χ1n) is 7.97. The summed E-state index contributed by atoms with van der Waals surface area (Å²) in [6.07, 6.45) is 3.47. The zero-order valence-electron chi connectivity index (χ0n) is 13.0. The molecule has 0 radical (unpaired) electrons. The zero-order valence-corrected chi connectivity index (χ0v) is 13.0. The summed E-state index contributed by atoms with van der Waals surface area (Å²) in [6, 6.07) is 9.41. The highest BCUT2D eigenvalue weighted by molar-refractivity contribution is 5.28. The number of hydrogen-bond donors (Lipinski definition) is 2. The zero-order chi connectivity index (χ0) is 14.5. The molecule has 1 heterocycles. The SMILES string of the molecule is CCC1CN(C(CC)c2ccc(O)cc2)C(CC)CN1. The minimum Gasteiger partial charge on any atom is -0.508 e. The molecule has 0 saturated carbocycles. The van der Waals surface area contributed by atoms with E-state index < -0.39 is 0 Å². The van der Waals surface area contributed by atoms with Gasteiger partial charge in [-0.1, -0.05) is 32.9 Å². The molecule has 2 N–H and O–H groups in total. The molecule has 3 heteroatoms. The third-order valence-corrected chi connectivity index (χ3v) is 4.57. The maximum atomic E-state index is 9.48. The molecule has 20 heavy (non-hydrogen) atoms. The van der Waals surface area contributed by atoms with Crippen molar-refractivity contribution in [3.63, 3.8) is 0 Å². The van der Waals surface area contributed by atoms with Crippen LogP contribution in [0.2, 0.25) is 0 Å². The van der Waals surface area contributed by atoms with Crippen LogP contribution in [0.25, 0.3) is 0 Å². The monoisotopic (exact) mass is 276 g/mol. The van der Waals surface area contributed by atoms with E-state index in [1.54, 1.807) is 12.1 Å². The van der Waals surface area contributed by atoms with Crippen LogP contribution in [-0.2, 0) is 0 Å². The molecule has 3 nitrogen and oxygen atoms in total. The average molecular weight is 276 g/mol. The number of piperazine rings is 1. The van der Waals surface area contributed by atoms with Crippen molar-refractivity contribution in [1.29, 1.82) is 0 Å². The first-order valence-corrected chi connectivity index (χ1v) is 7.97. The Morgan fingerprint density at radius 3 is 2.45 bits per heavy atom. The number of benzene rings is 1. The molecule has 1 aliphatic rings. The Kier molecular flexibility index (Phi) is 5.44. The predicted octanol–water partition coefficient (Wildman–Crippen LogP) is 3.31. The number of phenols is 1. The Morgan fingerprint density at radius 2 is 1.90 bits per heavy atom. The van der Waals surface area contributed by atoms with E-state index in [4.69, 9.17) is 0 Å². The highest BCUT2D eigenvalue weighted by atomic mass is 16.3. The van der Waals surface area contributed by atoms with Crippen molar-refractivity contribution in [3.8, 4) is 5.75 Å². The lowest BCUT2D eigenvalue weighted by molar-refractivity contribution is 0.0748. The van der Waals surface area contributed by atoms with Crippen LogP contribution in [-0.4, -0.2) is 35.2 Å². The van der Waals surface area contributed by atoms with Crippen LogP contribution >= 0.6 is 0 Å². The van der Waals surface area contributed by atoms with E-state index in [9.17, 15) is 5.11 Å². The molecular weight excluding hydrogens is 248 g/mol. The molecule has 0 bridgehead atoms. The quantitative estimate of drug-likeness (QED) is 0.866. The van der Waals surface area contributed by atoms with Gasteiger partial charge in [0.1, 0.15) is 5.75 Å². The highest BCUT2D eigenvalue weighted by Gasteiger charge is 2.31. The molecule has 1 aromatic rings. The van der Waals surface area contributed by atoms with E-state index in [1.807, 2.05) is 0 Å². The third kappa shape index (κ3) is 3.33. The van der Waals surface area contributed by atoms with Crippen LogP contribution in [0, 0.1) is 0 Å². The van der Waals surface area contributed by atoms with Gasteiger partial charge in [-0.05, 0) is 37.0 Å². The van der Waals surface area contributed by atoms with Gasteiger partial charge < -0.3 is 10.4 Å². The molecule has 0 spiro atoms. The minimum absolute atomic E-state index is 0.349. The second kappa shape index (κ2) is 7.09. The van der Waals surface area contributed by atoms with Crippen molar-refractivity contribution < 1.29 is 5.11 Å². The Hall–Kier alpha value is -1.06. The summed E-state index contributed by atoms with van der Waals surface area (Å²) in [7, 11) is 0. The molecule has 1 fully saturated rings. The van der Waals surface area contributed by atoms with E-state index in [0.717, 1.165) is 19.5 Å². The van der Waals surface area contributed by atoms with Gasteiger partial charge >= 0.3 is 0 Å². The first kappa shape index (κ1) is 15.3. The summed E-state index contributed by atoms with van der Waals surface area (Å²) in [5.41, 5.74) is 1.32. The van der Waals surface area contributed by atoms with Gasteiger partial charge in [-0.3, -0.25) is 4.90 Å². The summed E-state index contributed by atoms with van der Waals surface area (Å²) < 4.78 is 0. The van der Waals surface area contributed by atoms with E-state index in [1.165, 1.54) is 18.4 Å². The molecule has 1 aromatic carbocycles. The molecule has 3 unspecified atom stereocenters. The topological polar surface area (TPSA) is 35.5 Å². The van der Waals surface area contributed by atoms with Crippen molar-refractivity contribution in [3.05, 3.63) is 29.8 Å². The second-order valence-corrected chi connectivity index (χ2v) is 5.79. The second-order valence-electron chi connectivity index (χ2n) is 5.79. The number of phenolic OH excluding ortho intramolecular Hbond substituents is 1. The fourth-order valence-electron chi connectivity index (χ4n) is 3.28. The van der Waals surface area contributed by atoms with Gasteiger partial charge in [0.15, 0.2) is 0 Å². The molecule has 3 atom stereocenters. The largest absolute Gasteiger partial charge is 0.508 e. The van der Waals surface area contributed by atoms with Gasteiger partial charge in [0.25, 0.3) is 0 Å². The van der Waals surface area contributed by atoms with Gasteiger partial charge in [0, 0.05) is 31.2 Å². The fourth-order valence-corrected chi connectivity index (χ4v) is 3.28. The Labute approximate surface area is 123 Å². The van der Waals surface area contributed by atoms with Crippen LogP contribution < -0.4 is 5.32 Å². The normalized spacial score (nSPS) is 25.6. The molecule has 0 aliphatic carbocycles. The van der Waals surface area contributed by atoms with Crippen LogP contribution in [0.3, 0.4) is 0 Å². The Morgan fingerprint density at radius 1 is 1.20 bits per heavy atom. The molecule has 0 amide bonds. The lowest BCUT2D eigenvalue weighted by Gasteiger charge is -2.44. The maximum Gasteiger partial charge on any atom is 0.115 e. The van der Waals surface area contributed by atoms with Gasteiger partial charge in [0.05, 0.1) is 0 Å². The van der Waals surface area contributed by atoms with Crippen LogP contribution in [0.1, 0.15) is 51.6 Å². The molecule has 1 aliphatic heterocycles. The number of aromatic hydroxyl groups is 1. The van der Waals surface area contributed by atoms with Crippen LogP contribution in [0.4, 0.5) is 0 Å². The standard InChI is InChI=1S/C17H28N2O/c1-4-14-12-19(15(5-2)11-18-14)17(6-3)13-7-9-16(20)10-8-13/h7-10,14-15,17-18,20H,4-6,11-12H2,1-3H3. The Balaban J connectivity index is 2.20. The lowest BCUT2D eigenvalue weighted by atomic mass is 9.96. The van der Waals surface area contributed by atoms with Crippen molar-refractivity contribution >= 4 is 0 Å².